The number of nitrogens with one attached hydrogen (secondary N) is 1. The van der Waals surface area contributed by atoms with Gasteiger partial charge in [-0.2, -0.15) is 5.10 Å². The van der Waals surface area contributed by atoms with Crippen molar-refractivity contribution in [3.63, 3.8) is 0 Å². The number of rotatable bonds is 5. The van der Waals surface area contributed by atoms with Gasteiger partial charge in [-0.1, -0.05) is 0 Å². The summed E-state index contributed by atoms with van der Waals surface area (Å²) < 4.78 is 1.88. The van der Waals surface area contributed by atoms with Crippen LogP contribution < -0.4 is 5.32 Å². The van der Waals surface area contributed by atoms with Crippen LogP contribution >= 0.6 is 0 Å². The molecule has 0 aliphatic carbocycles. The minimum Gasteiger partial charge on any atom is -0.317 e. The Kier molecular flexibility index (Phi) is 4.96. The van der Waals surface area contributed by atoms with Crippen LogP contribution in [0.25, 0.3) is 0 Å². The van der Waals surface area contributed by atoms with Gasteiger partial charge in [-0.05, 0) is 39.5 Å². The van der Waals surface area contributed by atoms with Crippen LogP contribution in [-0.2, 0) is 13.5 Å². The summed E-state index contributed by atoms with van der Waals surface area (Å²) in [7, 11) is 8.50. The van der Waals surface area contributed by atoms with Crippen LogP contribution in [0.3, 0.4) is 0 Å². The van der Waals surface area contributed by atoms with Gasteiger partial charge in [0.25, 0.3) is 0 Å². The largest absolute Gasteiger partial charge is 0.317 e. The maximum atomic E-state index is 4.25. The van der Waals surface area contributed by atoms with E-state index in [0.717, 1.165) is 6.42 Å². The lowest BCUT2D eigenvalue weighted by molar-refractivity contribution is 0.102. The van der Waals surface area contributed by atoms with Gasteiger partial charge in [0.05, 0.1) is 6.20 Å². The fourth-order valence-corrected chi connectivity index (χ4v) is 2.85. The number of aromatic nitrogens is 2. The molecule has 0 spiro atoms. The van der Waals surface area contributed by atoms with E-state index in [-0.39, 0.29) is 0 Å². The predicted molar refractivity (Wildman–Crippen MR) is 78.3 cm³/mol. The molecule has 1 saturated heterocycles. The molecule has 5 nitrogen and oxygen atoms in total. The van der Waals surface area contributed by atoms with Crippen molar-refractivity contribution in [1.29, 1.82) is 0 Å². The molecule has 1 aliphatic heterocycles. The molecule has 0 amide bonds. The van der Waals surface area contributed by atoms with E-state index >= 15 is 0 Å². The highest BCUT2D eigenvalue weighted by molar-refractivity contribution is 5.06. The van der Waals surface area contributed by atoms with Gasteiger partial charge in [0.2, 0.25) is 0 Å². The van der Waals surface area contributed by atoms with Crippen LogP contribution in [0.15, 0.2) is 12.4 Å². The first kappa shape index (κ1) is 14.5. The van der Waals surface area contributed by atoms with Gasteiger partial charge < -0.3 is 15.1 Å². The molecule has 0 radical (unpaired) electrons. The second-order valence-corrected chi connectivity index (χ2v) is 5.84. The Bertz CT molecular complexity index is 389. The normalized spacial score (nSPS) is 23.7. The first-order valence-corrected chi connectivity index (χ1v) is 7.12. The second-order valence-electron chi connectivity index (χ2n) is 5.84. The van der Waals surface area contributed by atoms with Gasteiger partial charge in [-0.3, -0.25) is 4.68 Å². The lowest BCUT2D eigenvalue weighted by atomic mass is 9.99. The van der Waals surface area contributed by atoms with E-state index < -0.39 is 0 Å². The highest BCUT2D eigenvalue weighted by Gasteiger charge is 2.24. The molecular formula is C14H27N5. The van der Waals surface area contributed by atoms with Crippen molar-refractivity contribution in [1.82, 2.24) is 24.9 Å². The molecule has 0 aromatic carbocycles. The minimum atomic E-state index is 0.517. The fourth-order valence-electron chi connectivity index (χ4n) is 2.85. The van der Waals surface area contributed by atoms with Crippen molar-refractivity contribution in [2.45, 2.75) is 24.9 Å². The molecule has 19 heavy (non-hydrogen) atoms. The smallest absolute Gasteiger partial charge is 0.0522 e. The van der Waals surface area contributed by atoms with Gasteiger partial charge in [0.1, 0.15) is 0 Å². The Labute approximate surface area is 116 Å². The SMILES string of the molecule is CNC(Cc1cnn(C)c1)CC1CN(C)CCN1C. The zero-order chi connectivity index (χ0) is 13.8. The third-order valence-corrected chi connectivity index (χ3v) is 4.19. The Morgan fingerprint density at radius 2 is 2.16 bits per heavy atom. The predicted octanol–water partition coefficient (Wildman–Crippen LogP) is 0.187. The van der Waals surface area contributed by atoms with E-state index in [1.165, 1.54) is 31.6 Å². The summed E-state index contributed by atoms with van der Waals surface area (Å²) in [6, 6.07) is 1.16. The summed E-state index contributed by atoms with van der Waals surface area (Å²) in [6.45, 7) is 3.52. The zero-order valence-electron chi connectivity index (χ0n) is 12.6. The summed E-state index contributed by atoms with van der Waals surface area (Å²) >= 11 is 0. The van der Waals surface area contributed by atoms with Gasteiger partial charge in [0.15, 0.2) is 0 Å². The van der Waals surface area contributed by atoms with Crippen molar-refractivity contribution in [3.05, 3.63) is 18.0 Å². The van der Waals surface area contributed by atoms with Crippen molar-refractivity contribution in [3.8, 4) is 0 Å². The Hall–Kier alpha value is -0.910. The topological polar surface area (TPSA) is 36.3 Å². The Morgan fingerprint density at radius 3 is 2.79 bits per heavy atom. The van der Waals surface area contributed by atoms with Crippen molar-refractivity contribution >= 4 is 0 Å². The number of nitrogens with zero attached hydrogens (tertiary/aromatic N) is 4. The molecular weight excluding hydrogens is 238 g/mol. The van der Waals surface area contributed by atoms with E-state index in [1.54, 1.807) is 0 Å². The lowest BCUT2D eigenvalue weighted by Gasteiger charge is -2.39. The van der Waals surface area contributed by atoms with Crippen molar-refractivity contribution in [2.24, 2.45) is 7.05 Å². The molecule has 1 aromatic rings. The fraction of sp³-hybridized carbons (Fsp3) is 0.786. The van der Waals surface area contributed by atoms with Crippen LogP contribution in [0.4, 0.5) is 0 Å². The highest BCUT2D eigenvalue weighted by Crippen LogP contribution is 2.14. The van der Waals surface area contributed by atoms with E-state index in [4.69, 9.17) is 0 Å². The third-order valence-electron chi connectivity index (χ3n) is 4.19. The number of aryl methyl sites for hydroxylation is 1. The zero-order valence-corrected chi connectivity index (χ0v) is 12.6. The average Bonchev–Trinajstić information content (AvgIpc) is 2.78. The van der Waals surface area contributed by atoms with Crippen molar-refractivity contribution < 1.29 is 0 Å². The van der Waals surface area contributed by atoms with E-state index in [0.29, 0.717) is 12.1 Å². The average molecular weight is 265 g/mol. The molecule has 0 saturated carbocycles. The monoisotopic (exact) mass is 265 g/mol. The van der Waals surface area contributed by atoms with Crippen LogP contribution in [0.5, 0.6) is 0 Å². The number of hydrogen-bond acceptors (Lipinski definition) is 4. The Morgan fingerprint density at radius 1 is 1.37 bits per heavy atom. The van der Waals surface area contributed by atoms with Crippen LogP contribution in [0.2, 0.25) is 0 Å². The molecule has 2 atom stereocenters. The molecule has 1 fully saturated rings. The van der Waals surface area contributed by atoms with E-state index in [9.17, 15) is 0 Å². The highest BCUT2D eigenvalue weighted by atomic mass is 15.3. The first-order chi connectivity index (χ1) is 9.08. The number of likely N-dealkylation sites (N-methyl/N-ethyl adjacent to an activating group) is 3. The van der Waals surface area contributed by atoms with E-state index in [1.807, 2.05) is 17.9 Å². The third kappa shape index (κ3) is 4.03. The lowest BCUT2D eigenvalue weighted by Crippen LogP contribution is -2.52. The molecule has 0 bridgehead atoms. The minimum absolute atomic E-state index is 0.517. The maximum Gasteiger partial charge on any atom is 0.0522 e. The van der Waals surface area contributed by atoms with Crippen LogP contribution in [0.1, 0.15) is 12.0 Å². The number of hydrogen-bond donors (Lipinski definition) is 1. The molecule has 1 aliphatic rings. The van der Waals surface area contributed by atoms with Gasteiger partial charge in [-0.25, -0.2) is 0 Å². The summed E-state index contributed by atoms with van der Waals surface area (Å²) in [5, 5.41) is 7.71. The summed E-state index contributed by atoms with van der Waals surface area (Å²) in [5.74, 6) is 0. The molecule has 1 N–H and O–H groups in total. The summed E-state index contributed by atoms with van der Waals surface area (Å²) in [5.41, 5.74) is 1.31. The first-order valence-electron chi connectivity index (χ1n) is 7.12. The standard InChI is InChI=1S/C14H27N5/c1-15-13(7-12-9-16-19(4)10-12)8-14-11-17(2)5-6-18(14)3/h9-10,13-15H,5-8,11H2,1-4H3. The van der Waals surface area contributed by atoms with Crippen molar-refractivity contribution in [2.75, 3.05) is 40.8 Å². The van der Waals surface area contributed by atoms with Crippen LogP contribution in [0, 0.1) is 0 Å². The maximum absolute atomic E-state index is 4.25. The number of piperazine rings is 1. The molecule has 2 heterocycles. The van der Waals surface area contributed by atoms with Crippen LogP contribution in [-0.4, -0.2) is 72.4 Å². The second kappa shape index (κ2) is 6.50. The molecule has 5 heteroatoms. The Balaban J connectivity index is 1.90. The molecule has 2 rings (SSSR count). The summed E-state index contributed by atoms with van der Waals surface area (Å²) in [4.78, 5) is 4.93. The molecule has 1 aromatic heterocycles. The quantitative estimate of drug-likeness (QED) is 0.824. The van der Waals surface area contributed by atoms with Gasteiger partial charge >= 0.3 is 0 Å². The van der Waals surface area contributed by atoms with Gasteiger partial charge in [0, 0.05) is 45.0 Å². The molecule has 2 unspecified atom stereocenters. The summed E-state index contributed by atoms with van der Waals surface area (Å²) in [6.07, 6.45) is 6.33. The van der Waals surface area contributed by atoms with E-state index in [2.05, 4.69) is 47.6 Å². The molecule has 108 valence electrons. The van der Waals surface area contributed by atoms with Gasteiger partial charge in [-0.15, -0.1) is 0 Å².